The molecule has 0 saturated carbocycles. The molecule has 0 aliphatic carbocycles. The van der Waals surface area contributed by atoms with E-state index in [0.717, 1.165) is 17.8 Å². The van der Waals surface area contributed by atoms with Gasteiger partial charge in [-0.1, -0.05) is 24.3 Å². The third-order valence-corrected chi connectivity index (χ3v) is 5.09. The number of benzene rings is 1. The van der Waals surface area contributed by atoms with Gasteiger partial charge in [0.1, 0.15) is 0 Å². The van der Waals surface area contributed by atoms with Crippen LogP contribution in [0.3, 0.4) is 0 Å². The Hall–Kier alpha value is -2.50. The molecule has 0 bridgehead atoms. The summed E-state index contributed by atoms with van der Waals surface area (Å²) < 4.78 is 5.02. The van der Waals surface area contributed by atoms with Crippen LogP contribution in [0.2, 0.25) is 0 Å². The van der Waals surface area contributed by atoms with Gasteiger partial charge in [-0.25, -0.2) is 4.79 Å². The van der Waals surface area contributed by atoms with Gasteiger partial charge in [0.15, 0.2) is 0 Å². The summed E-state index contributed by atoms with van der Waals surface area (Å²) in [7, 11) is 3.44. The van der Waals surface area contributed by atoms with Crippen LogP contribution in [-0.2, 0) is 9.53 Å². The monoisotopic (exact) mass is 343 g/mol. The van der Waals surface area contributed by atoms with Crippen LogP contribution < -0.4 is 4.90 Å². The number of para-hydroxylation sites is 1. The summed E-state index contributed by atoms with van der Waals surface area (Å²) in [4.78, 5) is 30.7. The van der Waals surface area contributed by atoms with Gasteiger partial charge in [0.25, 0.3) is 0 Å². The summed E-state index contributed by atoms with van der Waals surface area (Å²) in [6.07, 6.45) is 1.68. The number of carbonyl (C=O) groups is 2. The largest absolute Gasteiger partial charge is 0.453 e. The summed E-state index contributed by atoms with van der Waals surface area (Å²) in [5.74, 6) is 0.164. The molecule has 2 aliphatic heterocycles. The minimum absolute atomic E-state index is 0.0498. The van der Waals surface area contributed by atoms with E-state index in [1.54, 1.807) is 11.0 Å². The summed E-state index contributed by atoms with van der Waals surface area (Å²) in [6, 6.07) is 8.05. The Kier molecular flexibility index (Phi) is 4.97. The second kappa shape index (κ2) is 7.17. The molecule has 1 aromatic rings. The zero-order chi connectivity index (χ0) is 18.0. The van der Waals surface area contributed by atoms with Crippen LogP contribution in [0.1, 0.15) is 18.0 Å². The first-order valence-electron chi connectivity index (χ1n) is 8.60. The molecule has 0 aromatic heterocycles. The first-order valence-corrected chi connectivity index (χ1v) is 8.60. The minimum Gasteiger partial charge on any atom is -0.453 e. The third kappa shape index (κ3) is 3.21. The number of nitrogens with zero attached hydrogens (tertiary/aromatic N) is 3. The van der Waals surface area contributed by atoms with E-state index in [4.69, 9.17) is 4.74 Å². The Morgan fingerprint density at radius 3 is 2.84 bits per heavy atom. The van der Waals surface area contributed by atoms with Crippen molar-refractivity contribution in [3.63, 3.8) is 0 Å². The fourth-order valence-corrected chi connectivity index (χ4v) is 4.02. The molecular formula is C19H25N3O3. The summed E-state index contributed by atoms with van der Waals surface area (Å²) in [6.45, 7) is 6.03. The molecule has 2 atom stereocenters. The van der Waals surface area contributed by atoms with Crippen LogP contribution in [0.4, 0.5) is 10.5 Å². The molecule has 0 spiro atoms. The van der Waals surface area contributed by atoms with Crippen molar-refractivity contribution < 1.29 is 14.3 Å². The van der Waals surface area contributed by atoms with Crippen LogP contribution in [0.5, 0.6) is 0 Å². The Morgan fingerprint density at radius 2 is 2.12 bits per heavy atom. The topological polar surface area (TPSA) is 53.1 Å². The number of ether oxygens (including phenoxy) is 1. The molecule has 0 radical (unpaired) electrons. The lowest BCUT2D eigenvalue weighted by Crippen LogP contribution is -2.53. The molecule has 2 amide bonds. The van der Waals surface area contributed by atoms with Gasteiger partial charge in [0, 0.05) is 51.3 Å². The van der Waals surface area contributed by atoms with Crippen molar-refractivity contribution >= 4 is 17.7 Å². The maximum Gasteiger partial charge on any atom is 0.410 e. The molecule has 1 saturated heterocycles. The highest BCUT2D eigenvalue weighted by atomic mass is 16.5. The maximum absolute atomic E-state index is 12.5. The molecular weight excluding hydrogens is 318 g/mol. The first-order chi connectivity index (χ1) is 12.1. The van der Waals surface area contributed by atoms with E-state index >= 15 is 0 Å². The number of fused-ring (bicyclic) bond motifs is 3. The molecule has 0 unspecified atom stereocenters. The average molecular weight is 343 g/mol. The SMILES string of the molecule is C=CCN1C[C@H]2CN(C)c3ccccc3[C@@H]2N(C(=O)OC)CCC1=O. The van der Waals surface area contributed by atoms with Crippen LogP contribution in [0, 0.1) is 5.92 Å². The van der Waals surface area contributed by atoms with Gasteiger partial charge >= 0.3 is 6.09 Å². The number of carbonyl (C=O) groups excluding carboxylic acids is 2. The van der Waals surface area contributed by atoms with E-state index in [-0.39, 0.29) is 24.0 Å². The van der Waals surface area contributed by atoms with Crippen molar-refractivity contribution in [1.29, 1.82) is 0 Å². The van der Waals surface area contributed by atoms with E-state index in [1.807, 2.05) is 17.0 Å². The lowest BCUT2D eigenvalue weighted by atomic mass is 9.85. The van der Waals surface area contributed by atoms with E-state index < -0.39 is 0 Å². The molecule has 6 nitrogen and oxygen atoms in total. The molecule has 0 N–H and O–H groups in total. The second-order valence-electron chi connectivity index (χ2n) is 6.65. The van der Waals surface area contributed by atoms with E-state index in [2.05, 4.69) is 30.7 Å². The zero-order valence-corrected chi connectivity index (χ0v) is 14.9. The number of hydrogen-bond donors (Lipinski definition) is 0. The van der Waals surface area contributed by atoms with Crippen LogP contribution in [0.15, 0.2) is 36.9 Å². The number of methoxy groups -OCH3 is 1. The highest BCUT2D eigenvalue weighted by Crippen LogP contribution is 2.41. The maximum atomic E-state index is 12.5. The summed E-state index contributed by atoms with van der Waals surface area (Å²) in [5, 5.41) is 0. The Labute approximate surface area is 148 Å². The van der Waals surface area contributed by atoms with E-state index in [0.29, 0.717) is 26.1 Å². The van der Waals surface area contributed by atoms with Gasteiger partial charge in [-0.2, -0.15) is 0 Å². The van der Waals surface area contributed by atoms with Crippen LogP contribution >= 0.6 is 0 Å². The minimum atomic E-state index is -0.376. The fourth-order valence-electron chi connectivity index (χ4n) is 4.02. The van der Waals surface area contributed by atoms with Crippen molar-refractivity contribution in [2.24, 2.45) is 5.92 Å². The predicted molar refractivity (Wildman–Crippen MR) is 96.4 cm³/mol. The van der Waals surface area contributed by atoms with Crippen molar-refractivity contribution in [3.8, 4) is 0 Å². The van der Waals surface area contributed by atoms with E-state index in [1.165, 1.54) is 7.11 Å². The number of hydrogen-bond acceptors (Lipinski definition) is 4. The quantitative estimate of drug-likeness (QED) is 0.773. The molecule has 2 heterocycles. The predicted octanol–water partition coefficient (Wildman–Crippen LogP) is 2.28. The van der Waals surface area contributed by atoms with E-state index in [9.17, 15) is 9.59 Å². The molecule has 2 aliphatic rings. The lowest BCUT2D eigenvalue weighted by molar-refractivity contribution is -0.133. The number of anilines is 1. The van der Waals surface area contributed by atoms with Gasteiger partial charge in [-0.15, -0.1) is 6.58 Å². The first kappa shape index (κ1) is 17.3. The molecule has 25 heavy (non-hydrogen) atoms. The Bertz CT molecular complexity index is 676. The lowest BCUT2D eigenvalue weighted by Gasteiger charge is -2.46. The van der Waals surface area contributed by atoms with Crippen molar-refractivity contribution in [2.75, 3.05) is 45.2 Å². The highest BCUT2D eigenvalue weighted by Gasteiger charge is 2.41. The van der Waals surface area contributed by atoms with Gasteiger partial charge in [-0.05, 0) is 11.6 Å². The number of amides is 2. The summed E-state index contributed by atoms with van der Waals surface area (Å²) >= 11 is 0. The summed E-state index contributed by atoms with van der Waals surface area (Å²) in [5.41, 5.74) is 2.24. The average Bonchev–Trinajstić information content (AvgIpc) is 2.61. The van der Waals surface area contributed by atoms with Gasteiger partial charge in [0.05, 0.1) is 13.2 Å². The standard InChI is InChI=1S/C19H25N3O3/c1-4-10-21-13-14-12-20(2)16-8-6-5-7-15(16)18(14)22(19(24)25-3)11-9-17(21)23/h4-8,14,18H,1,9-13H2,2-3H3/t14-,18-/m1/s1. The molecule has 1 fully saturated rings. The molecule has 6 heteroatoms. The van der Waals surface area contributed by atoms with Crippen LogP contribution in [-0.4, -0.2) is 62.1 Å². The van der Waals surface area contributed by atoms with Crippen LogP contribution in [0.25, 0.3) is 0 Å². The Morgan fingerprint density at radius 1 is 1.36 bits per heavy atom. The van der Waals surface area contributed by atoms with Gasteiger partial charge in [-0.3, -0.25) is 4.79 Å². The number of rotatable bonds is 2. The van der Waals surface area contributed by atoms with Gasteiger partial charge in [0.2, 0.25) is 5.91 Å². The van der Waals surface area contributed by atoms with Crippen molar-refractivity contribution in [3.05, 3.63) is 42.5 Å². The highest BCUT2D eigenvalue weighted by molar-refractivity contribution is 5.78. The molecule has 1 aromatic carbocycles. The normalized spacial score (nSPS) is 23.3. The van der Waals surface area contributed by atoms with Crippen molar-refractivity contribution in [2.45, 2.75) is 12.5 Å². The molecule has 3 rings (SSSR count). The Balaban J connectivity index is 2.04. The zero-order valence-electron chi connectivity index (χ0n) is 14.9. The fraction of sp³-hybridized carbons (Fsp3) is 0.474. The van der Waals surface area contributed by atoms with Gasteiger partial charge < -0.3 is 19.4 Å². The van der Waals surface area contributed by atoms with Crippen molar-refractivity contribution in [1.82, 2.24) is 9.80 Å². The third-order valence-electron chi connectivity index (χ3n) is 5.09. The molecule has 134 valence electrons. The smallest absolute Gasteiger partial charge is 0.410 e. The second-order valence-corrected chi connectivity index (χ2v) is 6.65.